The Labute approximate surface area is 159 Å². The molecule has 0 unspecified atom stereocenters. The van der Waals surface area contributed by atoms with Gasteiger partial charge in [-0.25, -0.2) is 10.1 Å². The number of nitrogens with one attached hydrogen (secondary N) is 1. The molecule has 4 heterocycles. The number of anilines is 1. The molecule has 0 aromatic carbocycles. The van der Waals surface area contributed by atoms with Crippen LogP contribution in [-0.4, -0.2) is 60.4 Å². The summed E-state index contributed by atoms with van der Waals surface area (Å²) in [6, 6.07) is 3.54. The van der Waals surface area contributed by atoms with Gasteiger partial charge in [0.2, 0.25) is 11.6 Å². The largest absolute Gasteiger partial charge is 0.378 e. The number of rotatable bonds is 6. The predicted molar refractivity (Wildman–Crippen MR) is 97.4 cm³/mol. The second-order valence-electron chi connectivity index (χ2n) is 6.23. The molecule has 3 aromatic rings. The van der Waals surface area contributed by atoms with Gasteiger partial charge in [0.15, 0.2) is 5.69 Å². The van der Waals surface area contributed by atoms with Crippen molar-refractivity contribution < 1.29 is 9.42 Å². The van der Waals surface area contributed by atoms with Crippen molar-refractivity contribution in [3.05, 3.63) is 41.5 Å². The zero-order chi connectivity index (χ0) is 19.3. The Morgan fingerprint density at radius 3 is 2.79 bits per heavy atom. The predicted octanol–water partition coefficient (Wildman–Crippen LogP) is -0.0128. The van der Waals surface area contributed by atoms with Gasteiger partial charge >= 0.3 is 0 Å². The number of carbonyl (C=O) groups excluding carboxylic acids is 1. The highest BCUT2D eigenvalue weighted by atomic mass is 16.6. The van der Waals surface area contributed by atoms with Crippen LogP contribution in [0, 0.1) is 0 Å². The zero-order valence-electron chi connectivity index (χ0n) is 14.9. The van der Waals surface area contributed by atoms with Gasteiger partial charge in [0.25, 0.3) is 5.91 Å². The SMILES string of the molecule is Nc1nonc1-n1nnc(C(=O)N/N=C/c2ccncc2)c1CN1CCCC1. The quantitative estimate of drug-likeness (QED) is 0.442. The van der Waals surface area contributed by atoms with E-state index < -0.39 is 5.91 Å². The van der Waals surface area contributed by atoms with Gasteiger partial charge in [-0.1, -0.05) is 5.21 Å². The maximum Gasteiger partial charge on any atom is 0.293 e. The molecule has 1 fully saturated rings. The first-order valence-electron chi connectivity index (χ1n) is 8.71. The Hall–Kier alpha value is -3.67. The summed E-state index contributed by atoms with van der Waals surface area (Å²) in [5.41, 5.74) is 9.74. The topological polar surface area (TPSA) is 153 Å². The summed E-state index contributed by atoms with van der Waals surface area (Å²) in [6.07, 6.45) is 7.00. The fraction of sp³-hybridized carbons (Fsp3) is 0.312. The molecule has 3 aromatic heterocycles. The van der Waals surface area contributed by atoms with Crippen molar-refractivity contribution in [3.63, 3.8) is 0 Å². The number of hydrogen-bond donors (Lipinski definition) is 2. The summed E-state index contributed by atoms with van der Waals surface area (Å²) < 4.78 is 6.03. The molecule has 4 rings (SSSR count). The molecular weight excluding hydrogens is 364 g/mol. The third kappa shape index (κ3) is 3.71. The average Bonchev–Trinajstić information content (AvgIpc) is 3.44. The third-order valence-corrected chi connectivity index (χ3v) is 4.33. The van der Waals surface area contributed by atoms with Crippen LogP contribution in [-0.2, 0) is 6.54 Å². The Morgan fingerprint density at radius 1 is 1.29 bits per heavy atom. The van der Waals surface area contributed by atoms with E-state index in [1.807, 2.05) is 0 Å². The molecule has 0 aliphatic carbocycles. The number of aromatic nitrogens is 6. The Bertz CT molecular complexity index is 974. The van der Waals surface area contributed by atoms with E-state index in [-0.39, 0.29) is 17.3 Å². The number of amides is 1. The molecular formula is C16H18N10O2. The van der Waals surface area contributed by atoms with E-state index >= 15 is 0 Å². The van der Waals surface area contributed by atoms with Crippen molar-refractivity contribution in [2.24, 2.45) is 5.10 Å². The van der Waals surface area contributed by atoms with E-state index in [1.165, 1.54) is 10.9 Å². The Kier molecular flexibility index (Phi) is 5.01. The molecule has 28 heavy (non-hydrogen) atoms. The van der Waals surface area contributed by atoms with Crippen molar-refractivity contribution in [3.8, 4) is 5.82 Å². The van der Waals surface area contributed by atoms with Gasteiger partial charge in [-0.15, -0.1) is 5.10 Å². The van der Waals surface area contributed by atoms with E-state index in [2.05, 4.69) is 45.7 Å². The maximum absolute atomic E-state index is 12.6. The van der Waals surface area contributed by atoms with Crippen LogP contribution in [0.2, 0.25) is 0 Å². The lowest BCUT2D eigenvalue weighted by Crippen LogP contribution is -2.25. The monoisotopic (exact) mass is 382 g/mol. The maximum atomic E-state index is 12.6. The minimum absolute atomic E-state index is 0.0650. The minimum atomic E-state index is -0.485. The third-order valence-electron chi connectivity index (χ3n) is 4.33. The van der Waals surface area contributed by atoms with E-state index in [1.54, 1.807) is 24.5 Å². The number of nitrogens with two attached hydrogens (primary N) is 1. The van der Waals surface area contributed by atoms with Crippen molar-refractivity contribution in [2.75, 3.05) is 18.8 Å². The molecule has 12 nitrogen and oxygen atoms in total. The summed E-state index contributed by atoms with van der Waals surface area (Å²) in [5, 5.41) is 19.3. The Morgan fingerprint density at radius 2 is 2.07 bits per heavy atom. The summed E-state index contributed by atoms with van der Waals surface area (Å²) in [5.74, 6) is -0.225. The second-order valence-corrected chi connectivity index (χ2v) is 6.23. The molecule has 3 N–H and O–H groups in total. The van der Waals surface area contributed by atoms with Crippen molar-refractivity contribution in [1.29, 1.82) is 0 Å². The van der Waals surface area contributed by atoms with Crippen LogP contribution in [0.25, 0.3) is 5.82 Å². The van der Waals surface area contributed by atoms with E-state index in [4.69, 9.17) is 5.73 Å². The number of hydrazone groups is 1. The van der Waals surface area contributed by atoms with Crippen molar-refractivity contribution in [2.45, 2.75) is 19.4 Å². The van der Waals surface area contributed by atoms with Crippen LogP contribution in [0.1, 0.15) is 34.6 Å². The second kappa shape index (κ2) is 7.92. The smallest absolute Gasteiger partial charge is 0.293 e. The summed E-state index contributed by atoms with van der Waals surface area (Å²) in [4.78, 5) is 18.8. The molecule has 0 radical (unpaired) electrons. The molecule has 144 valence electrons. The first-order chi connectivity index (χ1) is 13.7. The van der Waals surface area contributed by atoms with Gasteiger partial charge in [-0.2, -0.15) is 9.78 Å². The number of pyridine rings is 1. The number of likely N-dealkylation sites (tertiary alicyclic amines) is 1. The highest BCUT2D eigenvalue weighted by Gasteiger charge is 2.26. The van der Waals surface area contributed by atoms with Crippen LogP contribution in [0.4, 0.5) is 5.82 Å². The lowest BCUT2D eigenvalue weighted by Gasteiger charge is -2.15. The Balaban J connectivity index is 1.58. The van der Waals surface area contributed by atoms with Crippen LogP contribution < -0.4 is 11.2 Å². The van der Waals surface area contributed by atoms with E-state index in [9.17, 15) is 4.79 Å². The lowest BCUT2D eigenvalue weighted by molar-refractivity contribution is 0.0948. The van der Waals surface area contributed by atoms with Crippen molar-refractivity contribution >= 4 is 17.9 Å². The van der Waals surface area contributed by atoms with Crippen LogP contribution in [0.5, 0.6) is 0 Å². The lowest BCUT2D eigenvalue weighted by atomic mass is 10.2. The van der Waals surface area contributed by atoms with Crippen LogP contribution >= 0.6 is 0 Å². The molecule has 12 heteroatoms. The number of nitrogens with zero attached hydrogens (tertiary/aromatic N) is 8. The summed E-state index contributed by atoms with van der Waals surface area (Å²) in [6.45, 7) is 2.33. The van der Waals surface area contributed by atoms with Gasteiger partial charge in [0.1, 0.15) is 0 Å². The highest BCUT2D eigenvalue weighted by Crippen LogP contribution is 2.19. The van der Waals surface area contributed by atoms with Gasteiger partial charge < -0.3 is 5.73 Å². The molecule has 1 aliphatic rings. The molecule has 0 atom stereocenters. The molecule has 1 amide bonds. The minimum Gasteiger partial charge on any atom is -0.378 e. The first-order valence-corrected chi connectivity index (χ1v) is 8.71. The van der Waals surface area contributed by atoms with E-state index in [0.29, 0.717) is 12.2 Å². The van der Waals surface area contributed by atoms with E-state index in [0.717, 1.165) is 31.5 Å². The summed E-state index contributed by atoms with van der Waals surface area (Å²) >= 11 is 0. The normalized spacial score (nSPS) is 14.7. The number of carbonyl (C=O) groups is 1. The molecule has 1 aliphatic heterocycles. The fourth-order valence-corrected chi connectivity index (χ4v) is 2.95. The number of hydrogen-bond acceptors (Lipinski definition) is 10. The van der Waals surface area contributed by atoms with Crippen molar-refractivity contribution in [1.82, 2.24) is 40.6 Å². The molecule has 1 saturated heterocycles. The van der Waals surface area contributed by atoms with Gasteiger partial charge in [0, 0.05) is 18.9 Å². The zero-order valence-corrected chi connectivity index (χ0v) is 14.9. The number of nitrogen functional groups attached to an aromatic ring is 1. The highest BCUT2D eigenvalue weighted by molar-refractivity contribution is 5.94. The average molecular weight is 382 g/mol. The van der Waals surface area contributed by atoms with Gasteiger partial charge in [-0.05, 0) is 53.9 Å². The van der Waals surface area contributed by atoms with Gasteiger partial charge in [0.05, 0.1) is 11.9 Å². The van der Waals surface area contributed by atoms with Crippen LogP contribution in [0.15, 0.2) is 34.3 Å². The first kappa shape index (κ1) is 17.7. The summed E-state index contributed by atoms with van der Waals surface area (Å²) in [7, 11) is 0. The molecule has 0 spiro atoms. The standard InChI is InChI=1S/C16H18N10O2/c17-14-15(23-28-22-14)26-12(10-25-7-1-2-8-25)13(20-24-26)16(27)21-19-9-11-3-5-18-6-4-11/h3-6,9H,1-2,7-8,10H2,(H2,17,22)(H,21,27)/b19-9+. The molecule has 0 bridgehead atoms. The van der Waals surface area contributed by atoms with Gasteiger partial charge in [-0.3, -0.25) is 14.7 Å². The molecule has 0 saturated carbocycles. The van der Waals surface area contributed by atoms with Crippen LogP contribution in [0.3, 0.4) is 0 Å². The fourth-order valence-electron chi connectivity index (χ4n) is 2.95.